The molecule has 186 valence electrons. The number of phenols is 1. The van der Waals surface area contributed by atoms with Crippen LogP contribution in [-0.2, 0) is 13.1 Å². The second kappa shape index (κ2) is 10.4. The number of anilines is 1. The second-order valence-electron chi connectivity index (χ2n) is 10.1. The van der Waals surface area contributed by atoms with E-state index in [1.807, 2.05) is 12.1 Å². The third-order valence-corrected chi connectivity index (χ3v) is 7.77. The van der Waals surface area contributed by atoms with Crippen molar-refractivity contribution in [3.05, 3.63) is 84.1 Å². The van der Waals surface area contributed by atoms with Crippen LogP contribution < -0.4 is 4.90 Å². The van der Waals surface area contributed by atoms with Gasteiger partial charge in [-0.15, -0.1) is 0 Å². The van der Waals surface area contributed by atoms with Crippen LogP contribution in [0.5, 0.6) is 5.75 Å². The molecule has 5 nitrogen and oxygen atoms in total. The SMILES string of the molecule is Oc1ccc2oc(CN3CCN(c4ccccc4)CC3)c(-c3ccccc3)c2c1CN1CCCCC1. The molecule has 0 aliphatic carbocycles. The summed E-state index contributed by atoms with van der Waals surface area (Å²) in [5.41, 5.74) is 5.45. The van der Waals surface area contributed by atoms with Crippen molar-refractivity contribution in [2.24, 2.45) is 0 Å². The number of piperidine rings is 1. The number of benzene rings is 3. The molecule has 6 rings (SSSR count). The predicted octanol–water partition coefficient (Wildman–Crippen LogP) is 6.11. The van der Waals surface area contributed by atoms with E-state index in [-0.39, 0.29) is 0 Å². The van der Waals surface area contributed by atoms with Gasteiger partial charge < -0.3 is 14.4 Å². The summed E-state index contributed by atoms with van der Waals surface area (Å²) in [4.78, 5) is 7.43. The van der Waals surface area contributed by atoms with E-state index in [1.54, 1.807) is 0 Å². The van der Waals surface area contributed by atoms with Gasteiger partial charge in [0, 0.05) is 54.9 Å². The third-order valence-electron chi connectivity index (χ3n) is 7.77. The molecule has 0 saturated carbocycles. The number of hydrogen-bond donors (Lipinski definition) is 1. The topological polar surface area (TPSA) is 43.1 Å². The van der Waals surface area contributed by atoms with Crippen molar-refractivity contribution >= 4 is 16.7 Å². The van der Waals surface area contributed by atoms with Gasteiger partial charge in [-0.25, -0.2) is 0 Å². The second-order valence-corrected chi connectivity index (χ2v) is 10.1. The molecule has 0 atom stereocenters. The lowest BCUT2D eigenvalue weighted by Crippen LogP contribution is -2.45. The zero-order chi connectivity index (χ0) is 24.3. The Kier molecular flexibility index (Phi) is 6.67. The maximum atomic E-state index is 11.0. The fourth-order valence-electron chi connectivity index (χ4n) is 5.83. The average molecular weight is 482 g/mol. The highest BCUT2D eigenvalue weighted by Gasteiger charge is 2.25. The van der Waals surface area contributed by atoms with E-state index < -0.39 is 0 Å². The largest absolute Gasteiger partial charge is 0.508 e. The van der Waals surface area contributed by atoms with Gasteiger partial charge in [0.15, 0.2) is 0 Å². The van der Waals surface area contributed by atoms with Gasteiger partial charge in [0.2, 0.25) is 0 Å². The minimum atomic E-state index is 0.370. The molecule has 0 amide bonds. The van der Waals surface area contributed by atoms with Crippen LogP contribution in [0.4, 0.5) is 5.69 Å². The summed E-state index contributed by atoms with van der Waals surface area (Å²) in [5, 5.41) is 12.1. The highest BCUT2D eigenvalue weighted by molar-refractivity contribution is 5.99. The summed E-state index contributed by atoms with van der Waals surface area (Å²) in [5.74, 6) is 1.36. The summed E-state index contributed by atoms with van der Waals surface area (Å²) in [6.45, 7) is 7.71. The third kappa shape index (κ3) is 4.73. The van der Waals surface area contributed by atoms with Crippen molar-refractivity contribution in [2.45, 2.75) is 32.4 Å². The molecule has 1 aromatic heterocycles. The van der Waals surface area contributed by atoms with Crippen molar-refractivity contribution in [1.29, 1.82) is 0 Å². The van der Waals surface area contributed by atoms with E-state index in [0.29, 0.717) is 5.75 Å². The lowest BCUT2D eigenvalue weighted by Gasteiger charge is -2.35. The Morgan fingerprint density at radius 3 is 2.06 bits per heavy atom. The van der Waals surface area contributed by atoms with Crippen LogP contribution in [0.25, 0.3) is 22.1 Å². The molecule has 0 spiro atoms. The standard InChI is InChI=1S/C31H35N3O2/c35-27-14-15-28-31(26(27)22-32-16-8-3-9-17-32)30(24-10-4-1-5-11-24)29(36-28)23-33-18-20-34(21-19-33)25-12-6-2-7-13-25/h1-2,4-7,10-15,35H,3,8-9,16-23H2. The van der Waals surface area contributed by atoms with E-state index >= 15 is 0 Å². The molecule has 36 heavy (non-hydrogen) atoms. The minimum absolute atomic E-state index is 0.370. The lowest BCUT2D eigenvalue weighted by molar-refractivity contribution is 0.219. The first-order valence-electron chi connectivity index (χ1n) is 13.3. The summed E-state index contributed by atoms with van der Waals surface area (Å²) >= 11 is 0. The first-order chi connectivity index (χ1) is 17.8. The predicted molar refractivity (Wildman–Crippen MR) is 146 cm³/mol. The molecule has 3 heterocycles. The Morgan fingerprint density at radius 2 is 1.33 bits per heavy atom. The number of nitrogens with zero attached hydrogens (tertiary/aromatic N) is 3. The van der Waals surface area contributed by atoms with Gasteiger partial charge in [-0.1, -0.05) is 55.0 Å². The van der Waals surface area contributed by atoms with Crippen LogP contribution in [-0.4, -0.2) is 54.2 Å². The quantitative estimate of drug-likeness (QED) is 0.360. The van der Waals surface area contributed by atoms with Crippen LogP contribution >= 0.6 is 0 Å². The van der Waals surface area contributed by atoms with Gasteiger partial charge in [0.05, 0.1) is 6.54 Å². The van der Waals surface area contributed by atoms with Crippen LogP contribution in [0.3, 0.4) is 0 Å². The molecular formula is C31H35N3O2. The Balaban J connectivity index is 1.32. The zero-order valence-corrected chi connectivity index (χ0v) is 20.9. The highest BCUT2D eigenvalue weighted by atomic mass is 16.3. The number of likely N-dealkylation sites (tertiary alicyclic amines) is 1. The molecule has 4 aromatic rings. The number of hydrogen-bond acceptors (Lipinski definition) is 5. The van der Waals surface area contributed by atoms with Gasteiger partial charge in [0.1, 0.15) is 17.1 Å². The Bertz CT molecular complexity index is 1290. The number of piperazine rings is 1. The molecule has 1 N–H and O–H groups in total. The normalized spacial score (nSPS) is 17.6. The van der Waals surface area contributed by atoms with Gasteiger partial charge in [-0.3, -0.25) is 9.80 Å². The molecule has 0 bridgehead atoms. The van der Waals surface area contributed by atoms with E-state index in [9.17, 15) is 5.11 Å². The molecule has 3 aromatic carbocycles. The molecule has 2 aliphatic rings. The van der Waals surface area contributed by atoms with Crippen molar-refractivity contribution in [1.82, 2.24) is 9.80 Å². The fourth-order valence-corrected chi connectivity index (χ4v) is 5.83. The summed E-state index contributed by atoms with van der Waals surface area (Å²) in [7, 11) is 0. The summed E-state index contributed by atoms with van der Waals surface area (Å²) in [6.07, 6.45) is 3.76. The minimum Gasteiger partial charge on any atom is -0.508 e. The molecule has 0 radical (unpaired) electrons. The molecule has 2 aliphatic heterocycles. The lowest BCUT2D eigenvalue weighted by atomic mass is 9.96. The maximum Gasteiger partial charge on any atom is 0.135 e. The smallest absolute Gasteiger partial charge is 0.135 e. The molecule has 5 heteroatoms. The first kappa shape index (κ1) is 23.1. The monoisotopic (exact) mass is 481 g/mol. The number of phenolic OH excluding ortho intramolecular Hbond substituents is 1. The molecule has 2 fully saturated rings. The number of aromatic hydroxyl groups is 1. The van der Waals surface area contributed by atoms with E-state index in [0.717, 1.165) is 85.8 Å². The number of furan rings is 1. The van der Waals surface area contributed by atoms with Gasteiger partial charge in [-0.2, -0.15) is 0 Å². The molecule has 0 unspecified atom stereocenters. The van der Waals surface area contributed by atoms with Crippen LogP contribution in [0.15, 0.2) is 77.2 Å². The average Bonchev–Trinajstić information content (AvgIpc) is 3.30. The van der Waals surface area contributed by atoms with Crippen molar-refractivity contribution in [3.63, 3.8) is 0 Å². The number of rotatable bonds is 6. The van der Waals surface area contributed by atoms with Gasteiger partial charge in [-0.05, 0) is 55.8 Å². The van der Waals surface area contributed by atoms with Crippen LogP contribution in [0.2, 0.25) is 0 Å². The van der Waals surface area contributed by atoms with Crippen molar-refractivity contribution in [3.8, 4) is 16.9 Å². The van der Waals surface area contributed by atoms with E-state index in [4.69, 9.17) is 4.42 Å². The fraction of sp³-hybridized carbons (Fsp3) is 0.355. The number of para-hydroxylation sites is 1. The van der Waals surface area contributed by atoms with E-state index in [1.165, 1.54) is 24.9 Å². The Morgan fingerprint density at radius 1 is 0.667 bits per heavy atom. The van der Waals surface area contributed by atoms with Gasteiger partial charge in [0.25, 0.3) is 0 Å². The Labute approximate surface area is 213 Å². The van der Waals surface area contributed by atoms with Crippen LogP contribution in [0.1, 0.15) is 30.6 Å². The Hall–Kier alpha value is -3.28. The first-order valence-corrected chi connectivity index (χ1v) is 13.3. The number of fused-ring (bicyclic) bond motifs is 1. The summed E-state index contributed by atoms with van der Waals surface area (Å²) < 4.78 is 6.57. The molecule has 2 saturated heterocycles. The van der Waals surface area contributed by atoms with Crippen molar-refractivity contribution in [2.75, 3.05) is 44.2 Å². The summed E-state index contributed by atoms with van der Waals surface area (Å²) in [6, 6.07) is 25.0. The molecular weight excluding hydrogens is 446 g/mol. The van der Waals surface area contributed by atoms with Gasteiger partial charge >= 0.3 is 0 Å². The van der Waals surface area contributed by atoms with Crippen molar-refractivity contribution < 1.29 is 9.52 Å². The highest BCUT2D eigenvalue weighted by Crippen LogP contribution is 2.41. The van der Waals surface area contributed by atoms with E-state index in [2.05, 4.69) is 75.4 Å². The maximum absolute atomic E-state index is 11.0. The zero-order valence-electron chi connectivity index (χ0n) is 20.9. The van der Waals surface area contributed by atoms with Crippen LogP contribution in [0, 0.1) is 0 Å².